The Morgan fingerprint density at radius 1 is 1.22 bits per heavy atom. The van der Waals surface area contributed by atoms with E-state index < -0.39 is 0 Å². The lowest BCUT2D eigenvalue weighted by atomic mass is 9.92. The van der Waals surface area contributed by atoms with Gasteiger partial charge < -0.3 is 4.74 Å². The zero-order chi connectivity index (χ0) is 16.9. The van der Waals surface area contributed by atoms with Gasteiger partial charge in [-0.3, -0.25) is 0 Å². The molecule has 0 N–H and O–H groups in total. The van der Waals surface area contributed by atoms with Crippen molar-refractivity contribution in [2.24, 2.45) is 0 Å². The van der Waals surface area contributed by atoms with Gasteiger partial charge in [-0.1, -0.05) is 43.6 Å². The van der Waals surface area contributed by atoms with Gasteiger partial charge in [-0.05, 0) is 76.6 Å². The van der Waals surface area contributed by atoms with Crippen LogP contribution in [0.15, 0.2) is 29.9 Å². The molecule has 0 fully saturated rings. The van der Waals surface area contributed by atoms with Crippen LogP contribution in [-0.4, -0.2) is 5.60 Å². The van der Waals surface area contributed by atoms with Crippen LogP contribution in [0.5, 0.6) is 5.75 Å². The van der Waals surface area contributed by atoms with Crippen LogP contribution in [0.3, 0.4) is 0 Å². The highest BCUT2D eigenvalue weighted by Gasteiger charge is 2.27. The van der Waals surface area contributed by atoms with Crippen LogP contribution in [0, 0.1) is 6.92 Å². The molecule has 0 spiro atoms. The Bertz CT molecular complexity index is 590. The summed E-state index contributed by atoms with van der Waals surface area (Å²) in [4.78, 5) is 0. The molecule has 1 aromatic rings. The first-order valence-corrected chi connectivity index (χ1v) is 9.08. The maximum absolute atomic E-state index is 6.41. The Hall–Kier alpha value is -1.50. The lowest BCUT2D eigenvalue weighted by molar-refractivity contribution is 0.128. The van der Waals surface area contributed by atoms with E-state index >= 15 is 0 Å². The van der Waals surface area contributed by atoms with Gasteiger partial charge in [0.1, 0.15) is 11.4 Å². The summed E-state index contributed by atoms with van der Waals surface area (Å²) in [6, 6.07) is 4.59. The number of fused-ring (bicyclic) bond motifs is 1. The Kier molecular flexibility index (Phi) is 6.10. The van der Waals surface area contributed by atoms with Crippen LogP contribution >= 0.6 is 0 Å². The molecule has 1 aliphatic rings. The topological polar surface area (TPSA) is 9.23 Å². The zero-order valence-corrected chi connectivity index (χ0v) is 15.5. The zero-order valence-electron chi connectivity index (χ0n) is 15.5. The number of rotatable bonds is 7. The van der Waals surface area contributed by atoms with E-state index in [0.717, 1.165) is 25.0 Å². The number of benzene rings is 1. The fraction of sp³-hybridized carbons (Fsp3) is 0.545. The third-order valence-corrected chi connectivity index (χ3v) is 4.62. The van der Waals surface area contributed by atoms with E-state index in [0.29, 0.717) is 0 Å². The average Bonchev–Trinajstić information content (AvgIpc) is 2.46. The maximum Gasteiger partial charge on any atom is 0.128 e. The van der Waals surface area contributed by atoms with E-state index in [1.807, 2.05) is 0 Å². The highest BCUT2D eigenvalue weighted by atomic mass is 16.5. The standard InChI is InChI=1S/C22H32O/c1-6-7-8-11-19-15-18(4)20-12-14-22(5,23-21(20)16-19)13-9-10-17(2)3/h10,12,14-16H,6-9,11,13H2,1-5H3. The van der Waals surface area contributed by atoms with Crippen molar-refractivity contribution in [2.75, 3.05) is 0 Å². The molecule has 2 rings (SSSR count). The highest BCUT2D eigenvalue weighted by Crippen LogP contribution is 2.36. The SMILES string of the molecule is CCCCCc1cc(C)c2c(c1)OC(C)(CCC=C(C)C)C=C2. The molecule has 0 aliphatic carbocycles. The molecule has 23 heavy (non-hydrogen) atoms. The summed E-state index contributed by atoms with van der Waals surface area (Å²) in [5.74, 6) is 1.07. The molecule has 0 radical (unpaired) electrons. The number of ether oxygens (including phenoxy) is 1. The number of hydrogen-bond acceptors (Lipinski definition) is 1. The molecule has 0 saturated heterocycles. The van der Waals surface area contributed by atoms with E-state index in [4.69, 9.17) is 4.74 Å². The van der Waals surface area contributed by atoms with Crippen molar-refractivity contribution in [3.05, 3.63) is 46.5 Å². The van der Waals surface area contributed by atoms with Gasteiger partial charge in [0.2, 0.25) is 0 Å². The number of aryl methyl sites for hydroxylation is 2. The fourth-order valence-electron chi connectivity index (χ4n) is 3.19. The number of allylic oxidation sites excluding steroid dienone is 2. The molecule has 1 heteroatoms. The lowest BCUT2D eigenvalue weighted by Gasteiger charge is -2.32. The molecule has 1 atom stereocenters. The van der Waals surface area contributed by atoms with Gasteiger partial charge in [-0.2, -0.15) is 0 Å². The molecule has 126 valence electrons. The molecule has 1 heterocycles. The summed E-state index contributed by atoms with van der Waals surface area (Å²) < 4.78 is 6.41. The highest BCUT2D eigenvalue weighted by molar-refractivity contribution is 5.65. The summed E-state index contributed by atoms with van der Waals surface area (Å²) in [5, 5.41) is 0. The Morgan fingerprint density at radius 2 is 2.00 bits per heavy atom. The normalized spacial score (nSPS) is 19.2. The number of hydrogen-bond donors (Lipinski definition) is 0. The molecule has 0 saturated carbocycles. The molecule has 0 bridgehead atoms. The van der Waals surface area contributed by atoms with E-state index in [1.165, 1.54) is 41.5 Å². The summed E-state index contributed by atoms with van der Waals surface area (Å²) in [6.07, 6.45) is 13.9. The van der Waals surface area contributed by atoms with Gasteiger partial charge in [0.05, 0.1) is 0 Å². The summed E-state index contributed by atoms with van der Waals surface area (Å²) >= 11 is 0. The summed E-state index contributed by atoms with van der Waals surface area (Å²) in [5.41, 5.74) is 5.19. The monoisotopic (exact) mass is 312 g/mol. The van der Waals surface area contributed by atoms with Gasteiger partial charge in [-0.15, -0.1) is 0 Å². The van der Waals surface area contributed by atoms with Gasteiger partial charge in [0, 0.05) is 5.56 Å². The molecule has 1 unspecified atom stereocenters. The van der Waals surface area contributed by atoms with Crippen LogP contribution in [-0.2, 0) is 6.42 Å². The van der Waals surface area contributed by atoms with Crippen LogP contribution in [0.2, 0.25) is 0 Å². The summed E-state index contributed by atoms with van der Waals surface area (Å²) in [7, 11) is 0. The molecule has 0 amide bonds. The largest absolute Gasteiger partial charge is 0.483 e. The number of unbranched alkanes of at least 4 members (excludes halogenated alkanes) is 2. The minimum Gasteiger partial charge on any atom is -0.483 e. The van der Waals surface area contributed by atoms with Gasteiger partial charge in [0.25, 0.3) is 0 Å². The van der Waals surface area contributed by atoms with Crippen molar-refractivity contribution in [3.63, 3.8) is 0 Å². The Labute approximate surface area is 142 Å². The first-order chi connectivity index (χ1) is 10.9. The Balaban J connectivity index is 2.13. The van der Waals surface area contributed by atoms with Crippen LogP contribution < -0.4 is 4.74 Å². The minimum atomic E-state index is -0.187. The average molecular weight is 312 g/mol. The predicted octanol–water partition coefficient (Wildman–Crippen LogP) is 6.64. The van der Waals surface area contributed by atoms with Crippen molar-refractivity contribution in [3.8, 4) is 5.75 Å². The van der Waals surface area contributed by atoms with E-state index in [-0.39, 0.29) is 5.60 Å². The second-order valence-electron chi connectivity index (χ2n) is 7.35. The first kappa shape index (κ1) is 17.8. The van der Waals surface area contributed by atoms with E-state index in [2.05, 4.69) is 65.0 Å². The van der Waals surface area contributed by atoms with Crippen molar-refractivity contribution in [2.45, 2.75) is 78.7 Å². The van der Waals surface area contributed by atoms with Crippen LogP contribution in [0.4, 0.5) is 0 Å². The second-order valence-corrected chi connectivity index (χ2v) is 7.35. The summed E-state index contributed by atoms with van der Waals surface area (Å²) in [6.45, 7) is 11.0. The molecule has 0 aromatic heterocycles. The molecule has 1 aliphatic heterocycles. The minimum absolute atomic E-state index is 0.187. The molecule has 1 aromatic carbocycles. The van der Waals surface area contributed by atoms with Crippen molar-refractivity contribution in [1.82, 2.24) is 0 Å². The van der Waals surface area contributed by atoms with Crippen molar-refractivity contribution < 1.29 is 4.74 Å². The Morgan fingerprint density at radius 3 is 2.70 bits per heavy atom. The maximum atomic E-state index is 6.41. The first-order valence-electron chi connectivity index (χ1n) is 9.08. The van der Waals surface area contributed by atoms with E-state index in [1.54, 1.807) is 0 Å². The van der Waals surface area contributed by atoms with Gasteiger partial charge in [0.15, 0.2) is 0 Å². The molecule has 1 nitrogen and oxygen atoms in total. The van der Waals surface area contributed by atoms with Gasteiger partial charge in [-0.25, -0.2) is 0 Å². The lowest BCUT2D eigenvalue weighted by Crippen LogP contribution is -2.32. The predicted molar refractivity (Wildman–Crippen MR) is 101 cm³/mol. The van der Waals surface area contributed by atoms with Crippen molar-refractivity contribution in [1.29, 1.82) is 0 Å². The van der Waals surface area contributed by atoms with Crippen LogP contribution in [0.1, 0.15) is 76.5 Å². The quantitative estimate of drug-likeness (QED) is 0.405. The van der Waals surface area contributed by atoms with E-state index in [9.17, 15) is 0 Å². The van der Waals surface area contributed by atoms with Crippen LogP contribution in [0.25, 0.3) is 6.08 Å². The van der Waals surface area contributed by atoms with Gasteiger partial charge >= 0.3 is 0 Å². The molecular weight excluding hydrogens is 280 g/mol. The second kappa shape index (κ2) is 7.86. The third-order valence-electron chi connectivity index (χ3n) is 4.62. The smallest absolute Gasteiger partial charge is 0.128 e. The third kappa shape index (κ3) is 4.99. The van der Waals surface area contributed by atoms with Crippen molar-refractivity contribution >= 4 is 6.08 Å². The molecular formula is C22H32O. The fourth-order valence-corrected chi connectivity index (χ4v) is 3.19.